The van der Waals surface area contributed by atoms with Crippen LogP contribution in [-0.2, 0) is 0 Å². The Labute approximate surface area is 97.5 Å². The van der Waals surface area contributed by atoms with Crippen LogP contribution in [-0.4, -0.2) is 29.2 Å². The maximum Gasteiger partial charge on any atom is 0.216 e. The first-order chi connectivity index (χ1) is 7.59. The van der Waals surface area contributed by atoms with E-state index in [0.717, 1.165) is 12.2 Å². The Morgan fingerprint density at radius 2 is 2.00 bits per heavy atom. The highest BCUT2D eigenvalue weighted by molar-refractivity contribution is 5.15. The molecule has 0 bridgehead atoms. The van der Waals surface area contributed by atoms with Crippen molar-refractivity contribution < 1.29 is 4.74 Å². The van der Waals surface area contributed by atoms with Crippen LogP contribution in [0.5, 0.6) is 5.88 Å². The zero-order chi connectivity index (χ0) is 12.0. The van der Waals surface area contributed by atoms with E-state index < -0.39 is 0 Å². The quantitative estimate of drug-likeness (QED) is 0.749. The van der Waals surface area contributed by atoms with E-state index in [4.69, 9.17) is 4.74 Å². The van der Waals surface area contributed by atoms with Gasteiger partial charge in [-0.05, 0) is 5.92 Å². The average Bonchev–Trinajstić information content (AvgIpc) is 2.24. The van der Waals surface area contributed by atoms with Gasteiger partial charge >= 0.3 is 0 Å². The van der Waals surface area contributed by atoms with Crippen LogP contribution >= 0.6 is 0 Å². The molecule has 1 aromatic rings. The fraction of sp³-hybridized carbons (Fsp3) is 0.667. The highest BCUT2D eigenvalue weighted by Crippen LogP contribution is 2.14. The maximum absolute atomic E-state index is 5.53. The van der Waals surface area contributed by atoms with Crippen LogP contribution in [0.25, 0.3) is 0 Å². The molecular weight excluding hydrogens is 202 g/mol. The van der Waals surface area contributed by atoms with Crippen molar-refractivity contribution in [1.82, 2.24) is 15.3 Å². The second kappa shape index (κ2) is 6.43. The van der Waals surface area contributed by atoms with E-state index >= 15 is 0 Å². The summed E-state index contributed by atoms with van der Waals surface area (Å²) in [6.07, 6.45) is 1.56. The van der Waals surface area contributed by atoms with E-state index in [-0.39, 0.29) is 0 Å². The van der Waals surface area contributed by atoms with Gasteiger partial charge in [-0.1, -0.05) is 27.7 Å². The van der Waals surface area contributed by atoms with Crippen molar-refractivity contribution in [2.75, 3.05) is 13.2 Å². The number of nitrogens with zero attached hydrogens (tertiary/aromatic N) is 2. The van der Waals surface area contributed by atoms with Crippen LogP contribution in [0.2, 0.25) is 0 Å². The summed E-state index contributed by atoms with van der Waals surface area (Å²) in [6, 6.07) is 2.39. The van der Waals surface area contributed by atoms with Crippen LogP contribution in [0.4, 0.5) is 0 Å². The summed E-state index contributed by atoms with van der Waals surface area (Å²) in [5.41, 5.74) is 1.02. The lowest BCUT2D eigenvalue weighted by molar-refractivity contribution is 0.296. The molecule has 0 spiro atoms. The summed E-state index contributed by atoms with van der Waals surface area (Å²) < 4.78 is 5.53. The zero-order valence-electron chi connectivity index (χ0n) is 10.5. The van der Waals surface area contributed by atoms with Crippen LogP contribution in [0.15, 0.2) is 12.4 Å². The number of ether oxygens (including phenoxy) is 1. The zero-order valence-corrected chi connectivity index (χ0v) is 10.5. The van der Waals surface area contributed by atoms with Gasteiger partial charge in [-0.2, -0.15) is 0 Å². The minimum atomic E-state index is 0.402. The molecule has 0 fully saturated rings. The fourth-order valence-electron chi connectivity index (χ4n) is 1.25. The van der Waals surface area contributed by atoms with Crippen LogP contribution in [0.3, 0.4) is 0 Å². The van der Waals surface area contributed by atoms with Crippen LogP contribution < -0.4 is 10.1 Å². The highest BCUT2D eigenvalue weighted by atomic mass is 16.5. The van der Waals surface area contributed by atoms with Gasteiger partial charge < -0.3 is 10.1 Å². The molecule has 0 unspecified atom stereocenters. The van der Waals surface area contributed by atoms with Gasteiger partial charge in [0.15, 0.2) is 0 Å². The summed E-state index contributed by atoms with van der Waals surface area (Å²) in [7, 11) is 0. The molecule has 0 aliphatic carbocycles. The van der Waals surface area contributed by atoms with Crippen molar-refractivity contribution in [2.24, 2.45) is 0 Å². The molecule has 1 heterocycles. The minimum Gasteiger partial charge on any atom is -0.476 e. The maximum atomic E-state index is 5.53. The lowest BCUT2D eigenvalue weighted by atomic mass is 10.1. The van der Waals surface area contributed by atoms with Gasteiger partial charge in [-0.15, -0.1) is 0 Å². The molecule has 90 valence electrons. The van der Waals surface area contributed by atoms with E-state index in [0.29, 0.717) is 24.4 Å². The standard InChI is InChI=1S/C12H21N3O/c1-9(2)11-7-12(15-8-14-11)16-6-5-13-10(3)4/h7-10,13H,5-6H2,1-4H3. The number of hydrogen-bond acceptors (Lipinski definition) is 4. The molecular formula is C12H21N3O. The van der Waals surface area contributed by atoms with Crippen molar-refractivity contribution >= 4 is 0 Å². The molecule has 4 heteroatoms. The third-order valence-electron chi connectivity index (χ3n) is 2.16. The predicted octanol–water partition coefficient (Wildman–Crippen LogP) is 1.98. The molecule has 0 aliphatic heterocycles. The molecule has 0 amide bonds. The van der Waals surface area contributed by atoms with Crippen molar-refractivity contribution in [3.05, 3.63) is 18.1 Å². The molecule has 4 nitrogen and oxygen atoms in total. The molecule has 1 rings (SSSR count). The minimum absolute atomic E-state index is 0.402. The molecule has 0 aliphatic rings. The average molecular weight is 223 g/mol. The van der Waals surface area contributed by atoms with E-state index in [9.17, 15) is 0 Å². The van der Waals surface area contributed by atoms with Crippen LogP contribution in [0, 0.1) is 0 Å². The van der Waals surface area contributed by atoms with Gasteiger partial charge in [-0.25, -0.2) is 9.97 Å². The Morgan fingerprint density at radius 1 is 1.25 bits per heavy atom. The summed E-state index contributed by atoms with van der Waals surface area (Å²) >= 11 is 0. The van der Waals surface area contributed by atoms with Gasteiger partial charge in [0.05, 0.1) is 5.69 Å². The second-order valence-electron chi connectivity index (χ2n) is 4.39. The van der Waals surface area contributed by atoms with Crippen molar-refractivity contribution in [3.63, 3.8) is 0 Å². The molecule has 1 aromatic heterocycles. The largest absolute Gasteiger partial charge is 0.476 e. The molecule has 0 saturated carbocycles. The number of aromatic nitrogens is 2. The summed E-state index contributed by atoms with van der Waals surface area (Å²) in [6.45, 7) is 9.90. The van der Waals surface area contributed by atoms with Gasteiger partial charge in [0.25, 0.3) is 0 Å². The van der Waals surface area contributed by atoms with Crippen molar-refractivity contribution in [2.45, 2.75) is 39.7 Å². The summed E-state index contributed by atoms with van der Waals surface area (Å²) in [5, 5.41) is 3.28. The summed E-state index contributed by atoms with van der Waals surface area (Å²) in [5.74, 6) is 1.06. The number of nitrogens with one attached hydrogen (secondary N) is 1. The highest BCUT2D eigenvalue weighted by Gasteiger charge is 2.03. The molecule has 0 atom stereocenters. The van der Waals surface area contributed by atoms with E-state index in [1.54, 1.807) is 6.33 Å². The molecule has 0 aromatic carbocycles. The first kappa shape index (κ1) is 12.9. The monoisotopic (exact) mass is 223 g/mol. The van der Waals surface area contributed by atoms with Crippen molar-refractivity contribution in [3.8, 4) is 5.88 Å². The van der Waals surface area contributed by atoms with Crippen LogP contribution in [0.1, 0.15) is 39.3 Å². The SMILES string of the molecule is CC(C)NCCOc1cc(C(C)C)ncn1. The first-order valence-corrected chi connectivity index (χ1v) is 5.77. The molecule has 16 heavy (non-hydrogen) atoms. The topological polar surface area (TPSA) is 47.0 Å². The molecule has 1 N–H and O–H groups in total. The molecule has 0 saturated heterocycles. The number of rotatable bonds is 6. The first-order valence-electron chi connectivity index (χ1n) is 5.77. The molecule has 0 radical (unpaired) electrons. The predicted molar refractivity (Wildman–Crippen MR) is 64.8 cm³/mol. The van der Waals surface area contributed by atoms with E-state index in [2.05, 4.69) is 43.0 Å². The third-order valence-corrected chi connectivity index (χ3v) is 2.16. The van der Waals surface area contributed by atoms with E-state index in [1.807, 2.05) is 6.07 Å². The van der Waals surface area contributed by atoms with Gasteiger partial charge in [-0.3, -0.25) is 0 Å². The van der Waals surface area contributed by atoms with E-state index in [1.165, 1.54) is 0 Å². The normalized spacial score (nSPS) is 11.1. The fourth-order valence-corrected chi connectivity index (χ4v) is 1.25. The lowest BCUT2D eigenvalue weighted by Gasteiger charge is -2.10. The number of hydrogen-bond donors (Lipinski definition) is 1. The second-order valence-corrected chi connectivity index (χ2v) is 4.39. The van der Waals surface area contributed by atoms with Gasteiger partial charge in [0.1, 0.15) is 12.9 Å². The smallest absolute Gasteiger partial charge is 0.216 e. The Hall–Kier alpha value is -1.16. The Bertz CT molecular complexity index is 313. The Morgan fingerprint density at radius 3 is 2.62 bits per heavy atom. The Balaban J connectivity index is 2.39. The van der Waals surface area contributed by atoms with Crippen molar-refractivity contribution in [1.29, 1.82) is 0 Å². The Kier molecular flexibility index (Phi) is 5.19. The van der Waals surface area contributed by atoms with Gasteiger partial charge in [0.2, 0.25) is 5.88 Å². The lowest BCUT2D eigenvalue weighted by Crippen LogP contribution is -2.27. The summed E-state index contributed by atoms with van der Waals surface area (Å²) in [4.78, 5) is 8.27. The third kappa shape index (κ3) is 4.57. The van der Waals surface area contributed by atoms with Gasteiger partial charge in [0, 0.05) is 18.7 Å².